The van der Waals surface area contributed by atoms with Crippen LogP contribution in [-0.2, 0) is 25.5 Å². The highest BCUT2D eigenvalue weighted by Crippen LogP contribution is 2.44. The van der Waals surface area contributed by atoms with Crippen LogP contribution in [0.1, 0.15) is 37.3 Å². The Bertz CT molecular complexity index is 668. The summed E-state index contributed by atoms with van der Waals surface area (Å²) in [6, 6.07) is 3.62. The third-order valence-corrected chi connectivity index (χ3v) is 4.14. The van der Waals surface area contributed by atoms with Crippen molar-refractivity contribution < 1.29 is 19.1 Å². The average Bonchev–Trinajstić information content (AvgIpc) is 2.74. The van der Waals surface area contributed by atoms with Gasteiger partial charge in [-0.3, -0.25) is 9.59 Å². The molecule has 0 aliphatic carbocycles. The predicted molar refractivity (Wildman–Crippen MR) is 80.8 cm³/mol. The Hall–Kier alpha value is -2.37. The van der Waals surface area contributed by atoms with Gasteiger partial charge in [-0.25, -0.2) is 4.79 Å². The van der Waals surface area contributed by atoms with E-state index in [1.807, 2.05) is 17.9 Å². The van der Waals surface area contributed by atoms with Crippen molar-refractivity contribution in [1.82, 2.24) is 0 Å². The Labute approximate surface area is 128 Å². The summed E-state index contributed by atoms with van der Waals surface area (Å²) in [5.41, 5.74) is 3.48. The van der Waals surface area contributed by atoms with Crippen molar-refractivity contribution in [2.24, 2.45) is 0 Å². The molecule has 0 radical (unpaired) electrons. The number of nitrogens with zero attached hydrogens (tertiary/aromatic N) is 1. The first-order chi connectivity index (χ1) is 10.5. The monoisotopic (exact) mass is 302 g/mol. The smallest absolute Gasteiger partial charge is 0.397 e. The van der Waals surface area contributed by atoms with Gasteiger partial charge in [-0.05, 0) is 49.9 Å². The molecule has 2 aliphatic heterocycles. The van der Waals surface area contributed by atoms with Crippen LogP contribution >= 0.6 is 0 Å². The SMILES string of the molecule is CCOC(=O)C(=O)Nc1cc2c3c(c1)[C@H](C)C(=O)N3CCC2. The summed E-state index contributed by atoms with van der Waals surface area (Å²) in [5.74, 6) is -1.81. The van der Waals surface area contributed by atoms with Crippen LogP contribution in [-0.4, -0.2) is 30.9 Å². The normalized spacial score (nSPS) is 18.9. The largest absolute Gasteiger partial charge is 0.459 e. The summed E-state index contributed by atoms with van der Waals surface area (Å²) >= 11 is 0. The number of carbonyl (C=O) groups is 3. The summed E-state index contributed by atoms with van der Waals surface area (Å²) in [6.45, 7) is 4.42. The van der Waals surface area contributed by atoms with E-state index in [9.17, 15) is 14.4 Å². The molecule has 22 heavy (non-hydrogen) atoms. The molecule has 116 valence electrons. The van der Waals surface area contributed by atoms with Crippen LogP contribution in [0.5, 0.6) is 0 Å². The minimum Gasteiger partial charge on any atom is -0.459 e. The van der Waals surface area contributed by atoms with Gasteiger partial charge in [-0.1, -0.05) is 0 Å². The number of nitrogens with one attached hydrogen (secondary N) is 1. The second-order valence-electron chi connectivity index (χ2n) is 5.56. The zero-order chi connectivity index (χ0) is 15.9. The van der Waals surface area contributed by atoms with Crippen LogP contribution in [0.4, 0.5) is 11.4 Å². The van der Waals surface area contributed by atoms with Gasteiger partial charge in [-0.15, -0.1) is 0 Å². The van der Waals surface area contributed by atoms with Gasteiger partial charge in [0.2, 0.25) is 5.91 Å². The van der Waals surface area contributed by atoms with Crippen molar-refractivity contribution in [2.45, 2.75) is 32.6 Å². The van der Waals surface area contributed by atoms with Crippen LogP contribution in [0.15, 0.2) is 12.1 Å². The first-order valence-corrected chi connectivity index (χ1v) is 7.49. The number of hydrogen-bond donors (Lipinski definition) is 1. The molecule has 0 fully saturated rings. The Morgan fingerprint density at radius 1 is 1.41 bits per heavy atom. The van der Waals surface area contributed by atoms with Gasteiger partial charge in [0.15, 0.2) is 0 Å². The van der Waals surface area contributed by atoms with Crippen molar-refractivity contribution in [2.75, 3.05) is 23.4 Å². The summed E-state index contributed by atoms with van der Waals surface area (Å²) in [4.78, 5) is 37.3. The summed E-state index contributed by atoms with van der Waals surface area (Å²) < 4.78 is 4.68. The van der Waals surface area contributed by atoms with Crippen molar-refractivity contribution in [3.05, 3.63) is 23.3 Å². The maximum Gasteiger partial charge on any atom is 0.397 e. The quantitative estimate of drug-likeness (QED) is 0.665. The fraction of sp³-hybridized carbons (Fsp3) is 0.438. The Balaban J connectivity index is 1.92. The van der Waals surface area contributed by atoms with Crippen molar-refractivity contribution in [1.29, 1.82) is 0 Å². The molecule has 1 aromatic carbocycles. The Morgan fingerprint density at radius 3 is 2.91 bits per heavy atom. The van der Waals surface area contributed by atoms with Gasteiger partial charge in [0, 0.05) is 12.2 Å². The molecule has 3 rings (SSSR count). The maximum atomic E-state index is 12.3. The van der Waals surface area contributed by atoms with Gasteiger partial charge in [0.05, 0.1) is 18.2 Å². The fourth-order valence-corrected chi connectivity index (χ4v) is 3.15. The molecule has 0 aromatic heterocycles. The van der Waals surface area contributed by atoms with Crippen LogP contribution in [0.3, 0.4) is 0 Å². The van der Waals surface area contributed by atoms with Gasteiger partial charge in [0.25, 0.3) is 0 Å². The number of carbonyl (C=O) groups excluding carboxylic acids is 3. The molecule has 0 bridgehead atoms. The van der Waals surface area contributed by atoms with E-state index in [0.717, 1.165) is 36.2 Å². The zero-order valence-electron chi connectivity index (χ0n) is 12.6. The Morgan fingerprint density at radius 2 is 2.18 bits per heavy atom. The number of aryl methyl sites for hydroxylation is 1. The van der Waals surface area contributed by atoms with Gasteiger partial charge in [0.1, 0.15) is 0 Å². The first kappa shape index (κ1) is 14.6. The molecular formula is C16H18N2O4. The first-order valence-electron chi connectivity index (χ1n) is 7.49. The predicted octanol–water partition coefficient (Wildman–Crippen LogP) is 1.58. The molecule has 2 amide bonds. The van der Waals surface area contributed by atoms with E-state index in [-0.39, 0.29) is 18.4 Å². The third kappa shape index (κ3) is 2.24. The molecule has 6 nitrogen and oxygen atoms in total. The molecule has 2 aliphatic rings. The molecule has 1 N–H and O–H groups in total. The third-order valence-electron chi connectivity index (χ3n) is 4.14. The Kier molecular flexibility index (Phi) is 3.60. The minimum atomic E-state index is -0.901. The van der Waals surface area contributed by atoms with E-state index in [1.54, 1.807) is 13.0 Å². The minimum absolute atomic E-state index is 0.102. The number of rotatable bonds is 2. The number of ether oxygens (including phenoxy) is 1. The average molecular weight is 302 g/mol. The van der Waals surface area contributed by atoms with Gasteiger partial charge >= 0.3 is 11.9 Å². The molecular weight excluding hydrogens is 284 g/mol. The van der Waals surface area contributed by atoms with Crippen LogP contribution in [0.25, 0.3) is 0 Å². The zero-order valence-corrected chi connectivity index (χ0v) is 12.6. The highest BCUT2D eigenvalue weighted by atomic mass is 16.5. The number of esters is 1. The molecule has 0 saturated heterocycles. The van der Waals surface area contributed by atoms with E-state index in [4.69, 9.17) is 0 Å². The fourth-order valence-electron chi connectivity index (χ4n) is 3.15. The second kappa shape index (κ2) is 5.44. The number of hydrogen-bond acceptors (Lipinski definition) is 4. The van der Waals surface area contributed by atoms with Crippen LogP contribution in [0, 0.1) is 0 Å². The standard InChI is InChI=1S/C16H18N2O4/c1-3-22-16(21)14(19)17-11-7-10-5-4-6-18-13(10)12(8-11)9(2)15(18)20/h7-9H,3-6H2,1-2H3,(H,17,19)/t9-/m0/s1. The van der Waals surface area contributed by atoms with E-state index in [2.05, 4.69) is 10.1 Å². The number of anilines is 2. The molecule has 2 heterocycles. The van der Waals surface area contributed by atoms with Gasteiger partial charge in [-0.2, -0.15) is 0 Å². The topological polar surface area (TPSA) is 75.7 Å². The van der Waals surface area contributed by atoms with Crippen molar-refractivity contribution >= 4 is 29.2 Å². The van der Waals surface area contributed by atoms with Crippen molar-refractivity contribution in [3.63, 3.8) is 0 Å². The highest BCUT2D eigenvalue weighted by Gasteiger charge is 2.38. The lowest BCUT2D eigenvalue weighted by Crippen LogP contribution is -2.32. The molecule has 0 saturated carbocycles. The van der Waals surface area contributed by atoms with Crippen LogP contribution < -0.4 is 10.2 Å². The van der Waals surface area contributed by atoms with Gasteiger partial charge < -0.3 is 15.0 Å². The van der Waals surface area contributed by atoms with E-state index in [1.165, 1.54) is 0 Å². The number of benzene rings is 1. The molecule has 6 heteroatoms. The summed E-state index contributed by atoms with van der Waals surface area (Å²) in [6.07, 6.45) is 1.77. The lowest BCUT2D eigenvalue weighted by atomic mass is 9.96. The highest BCUT2D eigenvalue weighted by molar-refractivity contribution is 6.37. The lowest BCUT2D eigenvalue weighted by molar-refractivity contribution is -0.152. The van der Waals surface area contributed by atoms with E-state index < -0.39 is 11.9 Å². The molecule has 0 unspecified atom stereocenters. The van der Waals surface area contributed by atoms with E-state index in [0.29, 0.717) is 5.69 Å². The summed E-state index contributed by atoms with van der Waals surface area (Å²) in [7, 11) is 0. The molecule has 1 atom stereocenters. The van der Waals surface area contributed by atoms with Crippen molar-refractivity contribution in [3.8, 4) is 0 Å². The summed E-state index contributed by atoms with van der Waals surface area (Å²) in [5, 5.41) is 2.56. The molecule has 0 spiro atoms. The maximum absolute atomic E-state index is 12.3. The second-order valence-corrected chi connectivity index (χ2v) is 5.56. The van der Waals surface area contributed by atoms with Crippen LogP contribution in [0.2, 0.25) is 0 Å². The molecule has 1 aromatic rings. The van der Waals surface area contributed by atoms with E-state index >= 15 is 0 Å². The lowest BCUT2D eigenvalue weighted by Gasteiger charge is -2.26. The number of amides is 2.